The highest BCUT2D eigenvalue weighted by molar-refractivity contribution is 6.22. The van der Waals surface area contributed by atoms with E-state index >= 15 is 0 Å². The number of ether oxygens (including phenoxy) is 1. The number of anilines is 1. The highest BCUT2D eigenvalue weighted by atomic mass is 19.4. The summed E-state index contributed by atoms with van der Waals surface area (Å²) in [6.07, 6.45) is -7.83. The summed E-state index contributed by atoms with van der Waals surface area (Å²) in [7, 11) is 0. The molecule has 3 aliphatic rings. The SMILES string of the molecule is CCC[C@@H]1C(=O)N([C@@H]2N=C(c3ccccc3)c3cccc4c3N(CC(F)(F)CO4)C2=O)C(=O)[C@@H]1CCC(F)(F)F. The van der Waals surface area contributed by atoms with Crippen LogP contribution in [-0.4, -0.2) is 59.7 Å². The molecule has 0 aromatic heterocycles. The van der Waals surface area contributed by atoms with Crippen LogP contribution in [0.4, 0.5) is 27.6 Å². The first-order valence-corrected chi connectivity index (χ1v) is 12.9. The van der Waals surface area contributed by atoms with E-state index < -0.39 is 73.8 Å². The van der Waals surface area contributed by atoms with Gasteiger partial charge in [-0.2, -0.15) is 13.2 Å². The van der Waals surface area contributed by atoms with Crippen LogP contribution in [-0.2, 0) is 14.4 Å². The highest BCUT2D eigenvalue weighted by Crippen LogP contribution is 2.43. The molecule has 7 nitrogen and oxygen atoms in total. The summed E-state index contributed by atoms with van der Waals surface area (Å²) in [6.45, 7) is -0.382. The molecule has 3 atom stereocenters. The molecule has 0 radical (unpaired) electrons. The van der Waals surface area contributed by atoms with Gasteiger partial charge in [0.15, 0.2) is 6.61 Å². The summed E-state index contributed by atoms with van der Waals surface area (Å²) in [6, 6.07) is 13.0. The van der Waals surface area contributed by atoms with Gasteiger partial charge in [-0.25, -0.2) is 18.7 Å². The lowest BCUT2D eigenvalue weighted by molar-refractivity contribution is -0.148. The van der Waals surface area contributed by atoms with Crippen molar-refractivity contribution in [2.75, 3.05) is 18.1 Å². The van der Waals surface area contributed by atoms with Crippen LogP contribution in [0.25, 0.3) is 0 Å². The maximum Gasteiger partial charge on any atom is 0.389 e. The lowest BCUT2D eigenvalue weighted by atomic mass is 9.87. The largest absolute Gasteiger partial charge is 0.485 e. The number of imide groups is 1. The summed E-state index contributed by atoms with van der Waals surface area (Å²) in [5.41, 5.74) is 0.922. The fourth-order valence-corrected chi connectivity index (χ4v) is 5.55. The summed E-state index contributed by atoms with van der Waals surface area (Å²) in [5.74, 6) is -8.75. The Hall–Kier alpha value is -3.83. The van der Waals surface area contributed by atoms with Gasteiger partial charge in [0.25, 0.3) is 11.8 Å². The molecule has 2 aromatic carbocycles. The van der Waals surface area contributed by atoms with E-state index in [4.69, 9.17) is 4.74 Å². The van der Waals surface area contributed by atoms with Gasteiger partial charge in [0.05, 0.1) is 29.8 Å². The number of benzene rings is 2. The first kappa shape index (κ1) is 27.7. The first-order chi connectivity index (χ1) is 18.9. The van der Waals surface area contributed by atoms with Gasteiger partial charge in [0, 0.05) is 17.5 Å². The number of rotatable bonds is 6. The number of likely N-dealkylation sites (tertiary alicyclic amines) is 1. The quantitative estimate of drug-likeness (QED) is 0.368. The molecular weight excluding hydrogens is 537 g/mol. The molecule has 212 valence electrons. The van der Waals surface area contributed by atoms with Gasteiger partial charge in [-0.15, -0.1) is 0 Å². The molecule has 3 amide bonds. The molecule has 0 aliphatic carbocycles. The zero-order chi connectivity index (χ0) is 28.8. The molecule has 1 saturated heterocycles. The second-order valence-electron chi connectivity index (χ2n) is 10.1. The van der Waals surface area contributed by atoms with E-state index in [2.05, 4.69) is 4.99 Å². The molecule has 3 aliphatic heterocycles. The highest BCUT2D eigenvalue weighted by Gasteiger charge is 2.54. The monoisotopic (exact) mass is 563 g/mol. The molecule has 0 N–H and O–H groups in total. The summed E-state index contributed by atoms with van der Waals surface area (Å²) < 4.78 is 74.3. The zero-order valence-electron chi connectivity index (χ0n) is 21.5. The third-order valence-corrected chi connectivity index (χ3v) is 7.32. The van der Waals surface area contributed by atoms with Crippen LogP contribution in [0.15, 0.2) is 53.5 Å². The van der Waals surface area contributed by atoms with Crippen molar-refractivity contribution in [3.8, 4) is 5.75 Å². The lowest BCUT2D eigenvalue weighted by Gasteiger charge is -2.29. The van der Waals surface area contributed by atoms with E-state index in [0.29, 0.717) is 16.9 Å². The number of amides is 3. The molecule has 0 spiro atoms. The van der Waals surface area contributed by atoms with Gasteiger partial charge < -0.3 is 4.74 Å². The maximum atomic E-state index is 14.8. The minimum Gasteiger partial charge on any atom is -0.485 e. The van der Waals surface area contributed by atoms with Gasteiger partial charge >= 0.3 is 6.18 Å². The average molecular weight is 564 g/mol. The topological polar surface area (TPSA) is 79.3 Å². The molecule has 12 heteroatoms. The molecule has 3 heterocycles. The summed E-state index contributed by atoms with van der Waals surface area (Å²) in [4.78, 5) is 47.1. The van der Waals surface area contributed by atoms with Gasteiger partial charge in [0.1, 0.15) is 5.75 Å². The van der Waals surface area contributed by atoms with Crippen molar-refractivity contribution < 1.29 is 41.1 Å². The Kier molecular flexibility index (Phi) is 7.13. The van der Waals surface area contributed by atoms with Crippen molar-refractivity contribution in [3.05, 3.63) is 59.7 Å². The number of nitrogens with zero attached hydrogens (tertiary/aromatic N) is 3. The summed E-state index contributed by atoms with van der Waals surface area (Å²) in [5, 5.41) is 0. The Bertz CT molecular complexity index is 1360. The molecular formula is C28H26F5N3O4. The van der Waals surface area contributed by atoms with Crippen LogP contribution in [0.3, 0.4) is 0 Å². The second kappa shape index (κ2) is 10.3. The number of hydrogen-bond donors (Lipinski definition) is 0. The van der Waals surface area contributed by atoms with E-state index in [1.165, 1.54) is 6.07 Å². The first-order valence-electron chi connectivity index (χ1n) is 12.9. The summed E-state index contributed by atoms with van der Waals surface area (Å²) >= 11 is 0. The molecule has 0 saturated carbocycles. The number of aliphatic imine (C=N–C) groups is 1. The molecule has 5 rings (SSSR count). The van der Waals surface area contributed by atoms with E-state index in [-0.39, 0.29) is 29.1 Å². The van der Waals surface area contributed by atoms with Crippen LogP contribution in [0, 0.1) is 11.8 Å². The van der Waals surface area contributed by atoms with Crippen molar-refractivity contribution in [2.45, 2.75) is 50.9 Å². The van der Waals surface area contributed by atoms with Crippen LogP contribution < -0.4 is 9.64 Å². The Morgan fingerprint density at radius 2 is 1.62 bits per heavy atom. The van der Waals surface area contributed by atoms with Gasteiger partial charge in [-0.3, -0.25) is 19.3 Å². The smallest absolute Gasteiger partial charge is 0.389 e. The van der Waals surface area contributed by atoms with Gasteiger partial charge in [-0.1, -0.05) is 55.8 Å². The van der Waals surface area contributed by atoms with Crippen LogP contribution >= 0.6 is 0 Å². The zero-order valence-corrected chi connectivity index (χ0v) is 21.5. The number of alkyl halides is 5. The molecule has 2 aromatic rings. The molecule has 0 unspecified atom stereocenters. The number of hydrogen-bond acceptors (Lipinski definition) is 5. The predicted octanol–water partition coefficient (Wildman–Crippen LogP) is 4.97. The fraction of sp³-hybridized carbons (Fsp3) is 0.429. The molecule has 1 fully saturated rings. The number of para-hydroxylation sites is 1. The molecule has 40 heavy (non-hydrogen) atoms. The van der Waals surface area contributed by atoms with E-state index in [1.54, 1.807) is 49.4 Å². The number of carbonyl (C=O) groups is 3. The van der Waals surface area contributed by atoms with Crippen molar-refractivity contribution in [3.63, 3.8) is 0 Å². The van der Waals surface area contributed by atoms with Crippen LogP contribution in [0.5, 0.6) is 5.75 Å². The van der Waals surface area contributed by atoms with Crippen LogP contribution in [0.2, 0.25) is 0 Å². The third kappa shape index (κ3) is 5.06. The van der Waals surface area contributed by atoms with E-state index in [1.807, 2.05) is 0 Å². The fourth-order valence-electron chi connectivity index (χ4n) is 5.55. The lowest BCUT2D eigenvalue weighted by Crippen LogP contribution is -2.52. The van der Waals surface area contributed by atoms with Crippen molar-refractivity contribution >= 4 is 29.1 Å². The van der Waals surface area contributed by atoms with E-state index in [9.17, 15) is 36.3 Å². The van der Waals surface area contributed by atoms with Crippen LogP contribution in [0.1, 0.15) is 43.7 Å². The maximum absolute atomic E-state index is 14.8. The minimum atomic E-state index is -4.56. The predicted molar refractivity (Wildman–Crippen MR) is 134 cm³/mol. The Balaban J connectivity index is 1.66. The number of carbonyl (C=O) groups excluding carboxylic acids is 3. The third-order valence-electron chi connectivity index (χ3n) is 7.32. The van der Waals surface area contributed by atoms with Gasteiger partial charge in [0.2, 0.25) is 18.0 Å². The minimum absolute atomic E-state index is 0.00158. The average Bonchev–Trinajstić information content (AvgIpc) is 2.99. The second-order valence-corrected chi connectivity index (χ2v) is 10.1. The Morgan fingerprint density at radius 1 is 0.950 bits per heavy atom. The van der Waals surface area contributed by atoms with Crippen molar-refractivity contribution in [1.82, 2.24) is 4.90 Å². The Labute approximate surface area is 226 Å². The number of halogens is 5. The van der Waals surface area contributed by atoms with Crippen molar-refractivity contribution in [1.29, 1.82) is 0 Å². The van der Waals surface area contributed by atoms with Gasteiger partial charge in [-0.05, 0) is 18.9 Å². The standard InChI is InChI=1S/C28H26F5N3O4/c1-2-7-17-18(12-13-28(31,32)33)25(38)36(24(17)37)23-26(39)35-14-27(29,30)15-40-20-11-6-10-19(22(20)35)21(34-23)16-8-4-3-5-9-16/h3-6,8-11,17-18,23H,2,7,12-15H2,1H3/t17-,18+,23-/m0/s1. The molecule has 0 bridgehead atoms. The normalized spacial score (nSPS) is 24.3. The van der Waals surface area contributed by atoms with Crippen molar-refractivity contribution in [2.24, 2.45) is 16.8 Å². The Morgan fingerprint density at radius 3 is 2.27 bits per heavy atom. The van der Waals surface area contributed by atoms with E-state index in [0.717, 1.165) is 4.90 Å².